The third-order valence-electron chi connectivity index (χ3n) is 3.56. The predicted octanol–water partition coefficient (Wildman–Crippen LogP) is 3.96. The van der Waals surface area contributed by atoms with Gasteiger partial charge in [-0.25, -0.2) is 4.39 Å². The molecule has 1 aliphatic carbocycles. The summed E-state index contributed by atoms with van der Waals surface area (Å²) in [5.74, 6) is 0.209. The smallest absolute Gasteiger partial charge is 0.142 e. The largest absolute Gasteiger partial charge is 0.390 e. The molecule has 3 heteroatoms. The number of hydrogen-bond acceptors (Lipinski definition) is 1. The summed E-state index contributed by atoms with van der Waals surface area (Å²) in [5.41, 5.74) is -0.0984. The quantitative estimate of drug-likeness (QED) is 0.865. The van der Waals surface area contributed by atoms with E-state index in [0.29, 0.717) is 17.9 Å². The van der Waals surface area contributed by atoms with Crippen molar-refractivity contribution in [1.29, 1.82) is 0 Å². The van der Waals surface area contributed by atoms with Crippen molar-refractivity contribution in [1.82, 2.24) is 0 Å². The second kappa shape index (κ2) is 4.95. The minimum Gasteiger partial charge on any atom is -0.390 e. The highest BCUT2D eigenvalue weighted by atomic mass is 35.5. The summed E-state index contributed by atoms with van der Waals surface area (Å²) < 4.78 is 13.3. The molecule has 1 unspecified atom stereocenters. The molecule has 0 heterocycles. The molecule has 17 heavy (non-hydrogen) atoms. The Morgan fingerprint density at radius 3 is 2.76 bits per heavy atom. The van der Waals surface area contributed by atoms with E-state index in [-0.39, 0.29) is 5.02 Å². The molecule has 1 aliphatic rings. The lowest BCUT2D eigenvalue weighted by Crippen LogP contribution is -2.32. The van der Waals surface area contributed by atoms with E-state index in [2.05, 4.69) is 0 Å². The lowest BCUT2D eigenvalue weighted by molar-refractivity contribution is 0.0204. The summed E-state index contributed by atoms with van der Waals surface area (Å²) in [4.78, 5) is 0. The van der Waals surface area contributed by atoms with E-state index in [4.69, 9.17) is 11.6 Å². The van der Waals surface area contributed by atoms with Gasteiger partial charge in [0.2, 0.25) is 0 Å². The highest BCUT2D eigenvalue weighted by Crippen LogP contribution is 2.35. The van der Waals surface area contributed by atoms with E-state index >= 15 is 0 Å². The zero-order valence-corrected chi connectivity index (χ0v) is 10.8. The van der Waals surface area contributed by atoms with Crippen molar-refractivity contribution in [3.63, 3.8) is 0 Å². The monoisotopic (exact) mass is 256 g/mol. The zero-order valence-electron chi connectivity index (χ0n) is 10.0. The standard InChI is InChI=1S/C14H18ClFO/c1-14(17,8-10-4-2-5-10)9-11-6-3-7-12(16)13(11)15/h3,6-7,10,17H,2,4-5,8-9H2,1H3. The first-order chi connectivity index (χ1) is 7.98. The second-order valence-electron chi connectivity index (χ2n) is 5.39. The Morgan fingerprint density at radius 2 is 2.18 bits per heavy atom. The van der Waals surface area contributed by atoms with Gasteiger partial charge in [0, 0.05) is 6.42 Å². The first-order valence-electron chi connectivity index (χ1n) is 6.13. The van der Waals surface area contributed by atoms with Gasteiger partial charge in [0.1, 0.15) is 5.82 Å². The van der Waals surface area contributed by atoms with Crippen molar-refractivity contribution in [2.45, 2.75) is 44.6 Å². The predicted molar refractivity (Wildman–Crippen MR) is 67.7 cm³/mol. The molecule has 1 fully saturated rings. The van der Waals surface area contributed by atoms with Crippen LogP contribution in [0.5, 0.6) is 0 Å². The summed E-state index contributed by atoms with van der Waals surface area (Å²) in [5, 5.41) is 10.5. The molecule has 1 aromatic rings. The first kappa shape index (κ1) is 12.8. The van der Waals surface area contributed by atoms with Gasteiger partial charge in [0.15, 0.2) is 0 Å². The Balaban J connectivity index is 2.05. The Bertz CT molecular complexity index is 399. The molecule has 0 bridgehead atoms. The van der Waals surface area contributed by atoms with Crippen LogP contribution in [0.3, 0.4) is 0 Å². The molecule has 0 aliphatic heterocycles. The van der Waals surface area contributed by atoms with E-state index in [1.807, 2.05) is 6.92 Å². The molecule has 1 N–H and O–H groups in total. The molecule has 0 spiro atoms. The van der Waals surface area contributed by atoms with E-state index < -0.39 is 11.4 Å². The Hall–Kier alpha value is -0.600. The molecule has 1 saturated carbocycles. The zero-order chi connectivity index (χ0) is 12.5. The van der Waals surface area contributed by atoms with Gasteiger partial charge in [0.25, 0.3) is 0 Å². The van der Waals surface area contributed by atoms with E-state index in [1.165, 1.54) is 25.3 Å². The van der Waals surface area contributed by atoms with Crippen LogP contribution >= 0.6 is 11.6 Å². The highest BCUT2D eigenvalue weighted by Gasteiger charge is 2.29. The Labute approximate surface area is 107 Å². The molecule has 0 aromatic heterocycles. The molecule has 1 nitrogen and oxygen atoms in total. The second-order valence-corrected chi connectivity index (χ2v) is 5.77. The van der Waals surface area contributed by atoms with Crippen molar-refractivity contribution >= 4 is 11.6 Å². The van der Waals surface area contributed by atoms with Crippen molar-refractivity contribution in [3.8, 4) is 0 Å². The van der Waals surface area contributed by atoms with Crippen molar-refractivity contribution < 1.29 is 9.50 Å². The van der Waals surface area contributed by atoms with Crippen molar-refractivity contribution in [3.05, 3.63) is 34.6 Å². The minimum absolute atomic E-state index is 0.140. The molecular formula is C14H18ClFO. The van der Waals surface area contributed by atoms with Crippen LogP contribution in [0.25, 0.3) is 0 Å². The van der Waals surface area contributed by atoms with E-state index in [0.717, 1.165) is 6.42 Å². The molecule has 0 radical (unpaired) electrons. The van der Waals surface area contributed by atoms with Gasteiger partial charge in [-0.15, -0.1) is 0 Å². The van der Waals surface area contributed by atoms with Crippen LogP contribution in [-0.2, 0) is 6.42 Å². The lowest BCUT2D eigenvalue weighted by Gasteiger charge is -2.33. The maximum absolute atomic E-state index is 13.3. The molecule has 0 amide bonds. The van der Waals surface area contributed by atoms with Crippen LogP contribution in [0.15, 0.2) is 18.2 Å². The molecule has 1 aromatic carbocycles. The number of aliphatic hydroxyl groups is 1. The third-order valence-corrected chi connectivity index (χ3v) is 3.98. The molecular weight excluding hydrogens is 239 g/mol. The van der Waals surface area contributed by atoms with Crippen LogP contribution in [0, 0.1) is 11.7 Å². The van der Waals surface area contributed by atoms with Crippen LogP contribution in [0.1, 0.15) is 38.2 Å². The minimum atomic E-state index is -0.789. The van der Waals surface area contributed by atoms with Gasteiger partial charge >= 0.3 is 0 Å². The fourth-order valence-corrected chi connectivity index (χ4v) is 2.68. The summed E-state index contributed by atoms with van der Waals surface area (Å²) in [6, 6.07) is 4.75. The van der Waals surface area contributed by atoms with Crippen molar-refractivity contribution in [2.75, 3.05) is 0 Å². The van der Waals surface area contributed by atoms with Crippen LogP contribution in [0.2, 0.25) is 5.02 Å². The van der Waals surface area contributed by atoms with Crippen LogP contribution < -0.4 is 0 Å². The fraction of sp³-hybridized carbons (Fsp3) is 0.571. The third kappa shape index (κ3) is 3.20. The van der Waals surface area contributed by atoms with E-state index in [9.17, 15) is 9.50 Å². The van der Waals surface area contributed by atoms with Gasteiger partial charge in [-0.1, -0.05) is 43.0 Å². The van der Waals surface area contributed by atoms with Crippen LogP contribution in [-0.4, -0.2) is 10.7 Å². The number of halogens is 2. The maximum atomic E-state index is 13.3. The SMILES string of the molecule is CC(O)(Cc1cccc(F)c1Cl)CC1CCC1. The van der Waals surface area contributed by atoms with Gasteiger partial charge in [0.05, 0.1) is 10.6 Å². The molecule has 2 rings (SSSR count). The maximum Gasteiger partial charge on any atom is 0.142 e. The number of benzene rings is 1. The molecule has 0 saturated heterocycles. The topological polar surface area (TPSA) is 20.2 Å². The summed E-state index contributed by atoms with van der Waals surface area (Å²) in [6.07, 6.45) is 4.86. The number of hydrogen-bond donors (Lipinski definition) is 1. The Kier molecular flexibility index (Phi) is 3.74. The highest BCUT2D eigenvalue weighted by molar-refractivity contribution is 6.31. The average molecular weight is 257 g/mol. The number of rotatable bonds is 4. The van der Waals surface area contributed by atoms with Crippen LogP contribution in [0.4, 0.5) is 4.39 Å². The van der Waals surface area contributed by atoms with Gasteiger partial charge in [-0.05, 0) is 30.9 Å². The summed E-state index contributed by atoms with van der Waals surface area (Å²) in [6.45, 7) is 1.81. The normalized spacial score (nSPS) is 19.8. The van der Waals surface area contributed by atoms with Gasteiger partial charge < -0.3 is 5.11 Å². The van der Waals surface area contributed by atoms with E-state index in [1.54, 1.807) is 12.1 Å². The summed E-state index contributed by atoms with van der Waals surface area (Å²) in [7, 11) is 0. The fourth-order valence-electron chi connectivity index (χ4n) is 2.49. The Morgan fingerprint density at radius 1 is 1.47 bits per heavy atom. The molecule has 1 atom stereocenters. The van der Waals surface area contributed by atoms with Gasteiger partial charge in [-0.2, -0.15) is 0 Å². The summed E-state index contributed by atoms with van der Waals surface area (Å²) >= 11 is 5.90. The lowest BCUT2D eigenvalue weighted by atomic mass is 9.76. The van der Waals surface area contributed by atoms with Crippen molar-refractivity contribution in [2.24, 2.45) is 5.92 Å². The molecule has 94 valence electrons. The van der Waals surface area contributed by atoms with Gasteiger partial charge in [-0.3, -0.25) is 0 Å². The average Bonchev–Trinajstić information content (AvgIpc) is 2.19. The first-order valence-corrected chi connectivity index (χ1v) is 6.51.